The highest BCUT2D eigenvalue weighted by Crippen LogP contribution is 2.11. The first-order valence-electron chi connectivity index (χ1n) is 5.94. The number of hydrogen-bond acceptors (Lipinski definition) is 2. The van der Waals surface area contributed by atoms with Gasteiger partial charge < -0.3 is 5.32 Å². The second kappa shape index (κ2) is 5.60. The molecule has 0 aliphatic rings. The van der Waals surface area contributed by atoms with Crippen molar-refractivity contribution in [3.63, 3.8) is 0 Å². The highest BCUT2D eigenvalue weighted by Gasteiger charge is 2.03. The fourth-order valence-electron chi connectivity index (χ4n) is 1.73. The number of hydrogen-bond donors (Lipinski definition) is 1. The summed E-state index contributed by atoms with van der Waals surface area (Å²) >= 11 is 0. The van der Waals surface area contributed by atoms with Gasteiger partial charge in [-0.15, -0.1) is 0 Å². The first-order valence-corrected chi connectivity index (χ1v) is 5.94. The quantitative estimate of drug-likeness (QED) is 0.865. The fourth-order valence-corrected chi connectivity index (χ4v) is 1.73. The van der Waals surface area contributed by atoms with Crippen molar-refractivity contribution in [2.45, 2.75) is 26.4 Å². The zero-order valence-corrected chi connectivity index (χ0v) is 10.4. The third-order valence-corrected chi connectivity index (χ3v) is 2.92. The smallest absolute Gasteiger partial charge is 0.0315 e. The van der Waals surface area contributed by atoms with E-state index in [1.807, 2.05) is 12.3 Å². The molecule has 0 saturated heterocycles. The second-order valence-electron chi connectivity index (χ2n) is 4.37. The highest BCUT2D eigenvalue weighted by molar-refractivity contribution is 5.21. The van der Waals surface area contributed by atoms with Gasteiger partial charge in [0, 0.05) is 25.0 Å². The van der Waals surface area contributed by atoms with Crippen LogP contribution in [0.5, 0.6) is 0 Å². The normalized spacial score (nSPS) is 12.4. The van der Waals surface area contributed by atoms with E-state index in [2.05, 4.69) is 54.5 Å². The molecule has 0 aliphatic heterocycles. The van der Waals surface area contributed by atoms with Gasteiger partial charge in [0.05, 0.1) is 0 Å². The average Bonchev–Trinajstić information content (AvgIpc) is 2.39. The monoisotopic (exact) mass is 226 g/mol. The van der Waals surface area contributed by atoms with Gasteiger partial charge >= 0.3 is 0 Å². The largest absolute Gasteiger partial charge is 0.306 e. The molecule has 0 saturated carbocycles. The minimum Gasteiger partial charge on any atom is -0.306 e. The van der Waals surface area contributed by atoms with Gasteiger partial charge in [-0.05, 0) is 31.0 Å². The van der Waals surface area contributed by atoms with Crippen LogP contribution >= 0.6 is 0 Å². The molecule has 0 bridgehead atoms. The number of nitrogens with one attached hydrogen (secondary N) is 1. The molecule has 1 aromatic carbocycles. The Morgan fingerprint density at radius 1 is 1.18 bits per heavy atom. The zero-order valence-electron chi connectivity index (χ0n) is 10.4. The number of nitrogens with zero attached hydrogens (tertiary/aromatic N) is 1. The predicted octanol–water partition coefficient (Wildman–Crippen LogP) is 3.24. The minimum absolute atomic E-state index is 0.324. The molecular weight excluding hydrogens is 208 g/mol. The van der Waals surface area contributed by atoms with Gasteiger partial charge in [0.1, 0.15) is 0 Å². The Balaban J connectivity index is 1.92. The van der Waals surface area contributed by atoms with Gasteiger partial charge in [-0.25, -0.2) is 0 Å². The van der Waals surface area contributed by atoms with Crippen LogP contribution in [-0.2, 0) is 6.54 Å². The van der Waals surface area contributed by atoms with E-state index in [9.17, 15) is 0 Å². The van der Waals surface area contributed by atoms with E-state index in [0.717, 1.165) is 6.54 Å². The topological polar surface area (TPSA) is 24.9 Å². The molecule has 2 aromatic rings. The summed E-state index contributed by atoms with van der Waals surface area (Å²) in [6.07, 6.45) is 3.71. The van der Waals surface area contributed by atoms with Crippen LogP contribution in [0.3, 0.4) is 0 Å². The summed E-state index contributed by atoms with van der Waals surface area (Å²) in [6.45, 7) is 5.15. The molecule has 0 amide bonds. The van der Waals surface area contributed by atoms with E-state index in [1.54, 1.807) is 6.20 Å². The van der Waals surface area contributed by atoms with Crippen LogP contribution in [0.4, 0.5) is 0 Å². The van der Waals surface area contributed by atoms with E-state index < -0.39 is 0 Å². The van der Waals surface area contributed by atoms with E-state index in [-0.39, 0.29) is 0 Å². The Bertz CT molecular complexity index is 448. The van der Waals surface area contributed by atoms with Crippen molar-refractivity contribution in [1.29, 1.82) is 0 Å². The number of aromatic nitrogens is 1. The van der Waals surface area contributed by atoms with E-state index >= 15 is 0 Å². The lowest BCUT2D eigenvalue weighted by Crippen LogP contribution is -2.18. The lowest BCUT2D eigenvalue weighted by Gasteiger charge is -2.13. The first-order chi connectivity index (χ1) is 8.25. The third-order valence-electron chi connectivity index (χ3n) is 2.92. The maximum absolute atomic E-state index is 4.13. The molecule has 1 heterocycles. The molecule has 0 spiro atoms. The molecule has 2 heteroatoms. The van der Waals surface area contributed by atoms with Crippen molar-refractivity contribution in [2.75, 3.05) is 0 Å². The van der Waals surface area contributed by atoms with Crippen molar-refractivity contribution >= 4 is 0 Å². The van der Waals surface area contributed by atoms with Crippen LogP contribution in [0.2, 0.25) is 0 Å². The van der Waals surface area contributed by atoms with Gasteiger partial charge in [0.15, 0.2) is 0 Å². The molecule has 88 valence electrons. The summed E-state index contributed by atoms with van der Waals surface area (Å²) in [5.41, 5.74) is 3.83. The van der Waals surface area contributed by atoms with Crippen molar-refractivity contribution in [2.24, 2.45) is 0 Å². The maximum Gasteiger partial charge on any atom is 0.0315 e. The molecule has 2 nitrogen and oxygen atoms in total. The maximum atomic E-state index is 4.13. The summed E-state index contributed by atoms with van der Waals surface area (Å²) < 4.78 is 0. The van der Waals surface area contributed by atoms with Crippen molar-refractivity contribution in [3.8, 4) is 0 Å². The van der Waals surface area contributed by atoms with Crippen LogP contribution in [0, 0.1) is 6.92 Å². The van der Waals surface area contributed by atoms with Crippen LogP contribution in [0.1, 0.15) is 29.7 Å². The van der Waals surface area contributed by atoms with Crippen LogP contribution < -0.4 is 5.32 Å². The second-order valence-corrected chi connectivity index (χ2v) is 4.37. The Labute approximate surface area is 103 Å². The number of aryl methyl sites for hydroxylation is 1. The molecule has 1 unspecified atom stereocenters. The molecule has 2 rings (SSSR count). The standard InChI is InChI=1S/C15H18N2/c1-12-5-7-14(8-6-12)10-17-13(2)15-4-3-9-16-11-15/h3-9,11,13,17H,10H2,1-2H3. The lowest BCUT2D eigenvalue weighted by molar-refractivity contribution is 0.573. The molecule has 1 aromatic heterocycles. The summed E-state index contributed by atoms with van der Waals surface area (Å²) in [5.74, 6) is 0. The number of benzene rings is 1. The Hall–Kier alpha value is -1.67. The average molecular weight is 226 g/mol. The number of pyridine rings is 1. The molecule has 0 fully saturated rings. The zero-order chi connectivity index (χ0) is 12.1. The predicted molar refractivity (Wildman–Crippen MR) is 70.7 cm³/mol. The van der Waals surface area contributed by atoms with Crippen molar-refractivity contribution in [1.82, 2.24) is 10.3 Å². The van der Waals surface area contributed by atoms with Crippen molar-refractivity contribution < 1.29 is 0 Å². The summed E-state index contributed by atoms with van der Waals surface area (Å²) in [7, 11) is 0. The van der Waals surface area contributed by atoms with E-state index in [0.29, 0.717) is 6.04 Å². The van der Waals surface area contributed by atoms with Gasteiger partial charge in [-0.3, -0.25) is 4.98 Å². The van der Waals surface area contributed by atoms with Gasteiger partial charge in [-0.2, -0.15) is 0 Å². The Morgan fingerprint density at radius 2 is 1.94 bits per heavy atom. The van der Waals surface area contributed by atoms with Gasteiger partial charge in [0.25, 0.3) is 0 Å². The van der Waals surface area contributed by atoms with Crippen molar-refractivity contribution in [3.05, 3.63) is 65.5 Å². The highest BCUT2D eigenvalue weighted by atomic mass is 14.9. The van der Waals surface area contributed by atoms with Gasteiger partial charge in [-0.1, -0.05) is 35.9 Å². The first kappa shape index (κ1) is 11.8. The van der Waals surface area contributed by atoms with E-state index in [4.69, 9.17) is 0 Å². The summed E-state index contributed by atoms with van der Waals surface area (Å²) in [6, 6.07) is 13.0. The minimum atomic E-state index is 0.324. The number of rotatable bonds is 4. The summed E-state index contributed by atoms with van der Waals surface area (Å²) in [4.78, 5) is 4.13. The molecule has 0 radical (unpaired) electrons. The fraction of sp³-hybridized carbons (Fsp3) is 0.267. The molecule has 0 aliphatic carbocycles. The third kappa shape index (κ3) is 3.40. The Kier molecular flexibility index (Phi) is 3.89. The van der Waals surface area contributed by atoms with E-state index in [1.165, 1.54) is 16.7 Å². The van der Waals surface area contributed by atoms with Crippen LogP contribution in [0.25, 0.3) is 0 Å². The molecule has 17 heavy (non-hydrogen) atoms. The lowest BCUT2D eigenvalue weighted by atomic mass is 10.1. The van der Waals surface area contributed by atoms with Gasteiger partial charge in [0.2, 0.25) is 0 Å². The molecule has 1 N–H and O–H groups in total. The van der Waals surface area contributed by atoms with Crippen LogP contribution in [-0.4, -0.2) is 4.98 Å². The SMILES string of the molecule is Cc1ccc(CNC(C)c2cccnc2)cc1. The molecular formula is C15H18N2. The Morgan fingerprint density at radius 3 is 2.59 bits per heavy atom. The molecule has 1 atom stereocenters. The van der Waals surface area contributed by atoms with Crippen LogP contribution in [0.15, 0.2) is 48.8 Å². The summed E-state index contributed by atoms with van der Waals surface area (Å²) in [5, 5.41) is 3.49.